The average molecular weight is 401 g/mol. The highest BCUT2D eigenvalue weighted by molar-refractivity contribution is 5.80. The Hall–Kier alpha value is -3.80. The largest absolute Gasteiger partial charge is 0.508 e. The Labute approximate surface area is 174 Å². The third-order valence-electron chi connectivity index (χ3n) is 5.01. The number of hydrogen-bond acceptors (Lipinski definition) is 4. The van der Waals surface area contributed by atoms with E-state index in [1.54, 1.807) is 25.4 Å². The van der Waals surface area contributed by atoms with Crippen molar-refractivity contribution in [1.82, 2.24) is 15.1 Å². The van der Waals surface area contributed by atoms with Crippen LogP contribution in [0.5, 0.6) is 11.5 Å². The molecule has 0 fully saturated rings. The fourth-order valence-corrected chi connectivity index (χ4v) is 3.43. The van der Waals surface area contributed by atoms with Gasteiger partial charge in [-0.1, -0.05) is 36.4 Å². The number of nitrogens with zero attached hydrogens (tertiary/aromatic N) is 2. The fourth-order valence-electron chi connectivity index (χ4n) is 3.43. The third-order valence-corrected chi connectivity index (χ3v) is 5.01. The van der Waals surface area contributed by atoms with Crippen LogP contribution in [0.2, 0.25) is 0 Å². The molecule has 30 heavy (non-hydrogen) atoms. The zero-order valence-electron chi connectivity index (χ0n) is 16.7. The van der Waals surface area contributed by atoms with E-state index in [2.05, 4.69) is 10.4 Å². The monoisotopic (exact) mass is 401 g/mol. The van der Waals surface area contributed by atoms with Crippen molar-refractivity contribution >= 4 is 16.8 Å². The maximum Gasteiger partial charge on any atom is 0.221 e. The van der Waals surface area contributed by atoms with Crippen molar-refractivity contribution in [1.29, 1.82) is 0 Å². The number of fused-ring (bicyclic) bond motifs is 1. The SMILES string of the molecule is CNC(=O)CCn1ncc2cc(OCc3ccccc3-c3cccc(O)c3)ccc21. The summed E-state index contributed by atoms with van der Waals surface area (Å²) in [4.78, 5) is 11.5. The molecule has 0 aliphatic rings. The highest BCUT2D eigenvalue weighted by Crippen LogP contribution is 2.28. The van der Waals surface area contributed by atoms with E-state index in [9.17, 15) is 9.90 Å². The summed E-state index contributed by atoms with van der Waals surface area (Å²) >= 11 is 0. The van der Waals surface area contributed by atoms with E-state index in [-0.39, 0.29) is 11.7 Å². The van der Waals surface area contributed by atoms with Crippen LogP contribution in [-0.2, 0) is 17.9 Å². The van der Waals surface area contributed by atoms with E-state index in [1.807, 2.05) is 59.3 Å². The average Bonchev–Trinajstić information content (AvgIpc) is 3.18. The van der Waals surface area contributed by atoms with E-state index < -0.39 is 0 Å². The van der Waals surface area contributed by atoms with Crippen molar-refractivity contribution in [2.24, 2.45) is 0 Å². The summed E-state index contributed by atoms with van der Waals surface area (Å²) in [6, 6.07) is 21.0. The Kier molecular flexibility index (Phi) is 5.66. The molecule has 152 valence electrons. The lowest BCUT2D eigenvalue weighted by Gasteiger charge is -2.12. The van der Waals surface area contributed by atoms with Crippen molar-refractivity contribution in [2.75, 3.05) is 7.05 Å². The van der Waals surface area contributed by atoms with E-state index in [0.29, 0.717) is 19.6 Å². The minimum Gasteiger partial charge on any atom is -0.508 e. The number of aromatic nitrogens is 2. The molecule has 0 aliphatic carbocycles. The molecule has 0 atom stereocenters. The maximum absolute atomic E-state index is 11.5. The van der Waals surface area contributed by atoms with Crippen LogP contribution >= 0.6 is 0 Å². The Morgan fingerprint density at radius 3 is 2.80 bits per heavy atom. The molecule has 4 aromatic rings. The van der Waals surface area contributed by atoms with Crippen LogP contribution < -0.4 is 10.1 Å². The number of carbonyl (C=O) groups excluding carboxylic acids is 1. The van der Waals surface area contributed by atoms with Crippen LogP contribution in [0, 0.1) is 0 Å². The third kappa shape index (κ3) is 4.27. The quantitative estimate of drug-likeness (QED) is 0.488. The van der Waals surface area contributed by atoms with Crippen LogP contribution in [0.3, 0.4) is 0 Å². The van der Waals surface area contributed by atoms with Gasteiger partial charge in [-0.25, -0.2) is 0 Å². The lowest BCUT2D eigenvalue weighted by Crippen LogP contribution is -2.19. The van der Waals surface area contributed by atoms with Crippen LogP contribution in [0.4, 0.5) is 0 Å². The summed E-state index contributed by atoms with van der Waals surface area (Å²) in [6.45, 7) is 0.933. The van der Waals surface area contributed by atoms with E-state index >= 15 is 0 Å². The normalized spacial score (nSPS) is 10.8. The predicted molar refractivity (Wildman–Crippen MR) is 116 cm³/mol. The zero-order valence-corrected chi connectivity index (χ0v) is 16.7. The summed E-state index contributed by atoms with van der Waals surface area (Å²) in [5.74, 6) is 0.977. The molecular weight excluding hydrogens is 378 g/mol. The van der Waals surface area contributed by atoms with Gasteiger partial charge in [0.15, 0.2) is 0 Å². The van der Waals surface area contributed by atoms with Gasteiger partial charge >= 0.3 is 0 Å². The highest BCUT2D eigenvalue weighted by atomic mass is 16.5. The smallest absolute Gasteiger partial charge is 0.221 e. The van der Waals surface area contributed by atoms with Gasteiger partial charge in [-0.05, 0) is 47.0 Å². The van der Waals surface area contributed by atoms with Gasteiger partial charge in [0.05, 0.1) is 18.3 Å². The molecular formula is C24H23N3O3. The number of nitrogens with one attached hydrogen (secondary N) is 1. The summed E-state index contributed by atoms with van der Waals surface area (Å²) in [7, 11) is 1.63. The Morgan fingerprint density at radius 2 is 1.97 bits per heavy atom. The van der Waals surface area contributed by atoms with Gasteiger partial charge < -0.3 is 15.2 Å². The van der Waals surface area contributed by atoms with Crippen LogP contribution in [0.1, 0.15) is 12.0 Å². The number of benzene rings is 3. The summed E-state index contributed by atoms with van der Waals surface area (Å²) in [5.41, 5.74) is 3.97. The molecule has 1 amide bonds. The first-order valence-electron chi connectivity index (χ1n) is 9.80. The van der Waals surface area contributed by atoms with Gasteiger partial charge in [-0.15, -0.1) is 0 Å². The molecule has 1 heterocycles. The molecule has 0 aliphatic heterocycles. The van der Waals surface area contributed by atoms with Gasteiger partial charge in [0, 0.05) is 18.9 Å². The van der Waals surface area contributed by atoms with Crippen molar-refractivity contribution in [3.63, 3.8) is 0 Å². The Bertz CT molecular complexity index is 1180. The van der Waals surface area contributed by atoms with Gasteiger partial charge in [0.2, 0.25) is 5.91 Å². The minimum atomic E-state index is -0.0102. The standard InChI is InChI=1S/C24H23N3O3/c1-25-24(29)11-12-27-23-10-9-21(14-19(23)15-26-27)30-16-18-5-2-3-8-22(18)17-6-4-7-20(28)13-17/h2-10,13-15,28H,11-12,16H2,1H3,(H,25,29). The first-order valence-corrected chi connectivity index (χ1v) is 9.80. The summed E-state index contributed by atoms with van der Waals surface area (Å²) in [6.07, 6.45) is 2.17. The molecule has 4 rings (SSSR count). The van der Waals surface area contributed by atoms with E-state index in [0.717, 1.165) is 33.3 Å². The number of aryl methyl sites for hydroxylation is 1. The Balaban J connectivity index is 1.50. The lowest BCUT2D eigenvalue weighted by atomic mass is 10.00. The molecule has 6 nitrogen and oxygen atoms in total. The molecule has 0 unspecified atom stereocenters. The van der Waals surface area contributed by atoms with Crippen molar-refractivity contribution in [2.45, 2.75) is 19.6 Å². The second kappa shape index (κ2) is 8.69. The van der Waals surface area contributed by atoms with Crippen LogP contribution in [0.15, 0.2) is 72.9 Å². The van der Waals surface area contributed by atoms with Gasteiger partial charge in [-0.3, -0.25) is 9.48 Å². The second-order valence-electron chi connectivity index (χ2n) is 7.01. The number of carbonyl (C=O) groups is 1. The zero-order chi connectivity index (χ0) is 20.9. The number of ether oxygens (including phenoxy) is 1. The topological polar surface area (TPSA) is 76.4 Å². The lowest BCUT2D eigenvalue weighted by molar-refractivity contribution is -0.120. The molecule has 2 N–H and O–H groups in total. The first kappa shape index (κ1) is 19.5. The minimum absolute atomic E-state index is 0.0102. The van der Waals surface area contributed by atoms with Gasteiger partial charge in [-0.2, -0.15) is 5.10 Å². The maximum atomic E-state index is 11.5. The predicted octanol–water partition coefficient (Wildman–Crippen LogP) is 4.12. The summed E-state index contributed by atoms with van der Waals surface area (Å²) in [5, 5.41) is 17.8. The summed E-state index contributed by atoms with van der Waals surface area (Å²) < 4.78 is 7.88. The van der Waals surface area contributed by atoms with Gasteiger partial charge in [0.25, 0.3) is 0 Å². The molecule has 0 saturated heterocycles. The van der Waals surface area contributed by atoms with Crippen molar-refractivity contribution < 1.29 is 14.6 Å². The van der Waals surface area contributed by atoms with Crippen LogP contribution in [-0.4, -0.2) is 27.8 Å². The van der Waals surface area contributed by atoms with E-state index in [4.69, 9.17) is 4.74 Å². The molecule has 3 aromatic carbocycles. The van der Waals surface area contributed by atoms with Gasteiger partial charge in [0.1, 0.15) is 18.1 Å². The number of aromatic hydroxyl groups is 1. The molecule has 6 heteroatoms. The molecule has 1 aromatic heterocycles. The van der Waals surface area contributed by atoms with Crippen LogP contribution in [0.25, 0.3) is 22.0 Å². The van der Waals surface area contributed by atoms with Crippen molar-refractivity contribution in [3.05, 3.63) is 78.5 Å². The number of phenols is 1. The Morgan fingerprint density at radius 1 is 1.10 bits per heavy atom. The number of amides is 1. The molecule has 0 bridgehead atoms. The molecule has 0 spiro atoms. The van der Waals surface area contributed by atoms with E-state index in [1.165, 1.54) is 0 Å². The molecule has 0 radical (unpaired) electrons. The molecule has 0 saturated carbocycles. The van der Waals surface area contributed by atoms with Crippen molar-refractivity contribution in [3.8, 4) is 22.6 Å². The number of rotatable bonds is 7. The highest BCUT2D eigenvalue weighted by Gasteiger charge is 2.09. The number of phenolic OH excluding ortho intramolecular Hbond substituents is 1. The number of hydrogen-bond donors (Lipinski definition) is 2. The fraction of sp³-hybridized carbons (Fsp3) is 0.167. The first-order chi connectivity index (χ1) is 14.6. The second-order valence-corrected chi connectivity index (χ2v) is 7.01.